The number of hydrogen-bond donors (Lipinski definition) is 0. The minimum absolute atomic E-state index is 0.0816. The average molecular weight is 1010 g/mol. The molecular formula is C67H122O5. The molecule has 0 saturated heterocycles. The summed E-state index contributed by atoms with van der Waals surface area (Å²) in [6, 6.07) is 0. The standard InChI is InChI=1S/C67H122O5/c1-4-7-10-13-16-19-22-25-28-31-34-36-39-42-45-48-51-54-57-60-66(68)71-64-65(63-70-62-59-56-53-50-47-44-41-38-33-30-27-24-21-18-15-12-9-6-3)72-67(69)61-58-55-52-49-46-43-40-37-35-32-29-26-23-20-17-14-11-8-5-2/h16-17,19-20,25-30,65H,4-15,18,21-24,31-64H2,1-3H3/b19-16-,20-17-,28-25-,29-26-,30-27-. The maximum absolute atomic E-state index is 12.9. The molecule has 0 aromatic rings. The lowest BCUT2D eigenvalue weighted by atomic mass is 10.1. The van der Waals surface area contributed by atoms with Crippen LogP contribution < -0.4 is 0 Å². The fourth-order valence-corrected chi connectivity index (χ4v) is 9.21. The quantitative estimate of drug-likeness (QED) is 0.0345. The third-order valence-electron chi connectivity index (χ3n) is 14.0. The van der Waals surface area contributed by atoms with Crippen LogP contribution in [-0.4, -0.2) is 37.9 Å². The molecule has 72 heavy (non-hydrogen) atoms. The number of hydrogen-bond acceptors (Lipinski definition) is 5. The maximum Gasteiger partial charge on any atom is 0.306 e. The van der Waals surface area contributed by atoms with E-state index in [1.165, 1.54) is 244 Å². The molecule has 0 aliphatic rings. The van der Waals surface area contributed by atoms with Gasteiger partial charge in [0.25, 0.3) is 0 Å². The summed E-state index contributed by atoms with van der Waals surface area (Å²) in [7, 11) is 0. The van der Waals surface area contributed by atoms with E-state index in [-0.39, 0.29) is 25.2 Å². The molecule has 420 valence electrons. The van der Waals surface area contributed by atoms with E-state index >= 15 is 0 Å². The summed E-state index contributed by atoms with van der Waals surface area (Å²) in [6.45, 7) is 7.81. The van der Waals surface area contributed by atoms with Gasteiger partial charge in [0.2, 0.25) is 0 Å². The molecule has 0 radical (unpaired) electrons. The first-order valence-electron chi connectivity index (χ1n) is 31.8. The first-order chi connectivity index (χ1) is 35.6. The third-order valence-corrected chi connectivity index (χ3v) is 14.0. The van der Waals surface area contributed by atoms with E-state index in [1.54, 1.807) is 0 Å². The summed E-state index contributed by atoms with van der Waals surface area (Å²) < 4.78 is 17.6. The Kier molecular flexibility index (Phi) is 60.8. The smallest absolute Gasteiger partial charge is 0.306 e. The first kappa shape index (κ1) is 69.6. The molecule has 0 saturated carbocycles. The molecule has 0 spiro atoms. The zero-order chi connectivity index (χ0) is 52.0. The van der Waals surface area contributed by atoms with Crippen molar-refractivity contribution >= 4 is 11.9 Å². The van der Waals surface area contributed by atoms with Crippen LogP contribution in [-0.2, 0) is 23.8 Å². The van der Waals surface area contributed by atoms with Crippen molar-refractivity contribution in [2.45, 2.75) is 335 Å². The Morgan fingerprint density at radius 3 is 0.958 bits per heavy atom. The molecule has 0 amide bonds. The van der Waals surface area contributed by atoms with E-state index in [0.29, 0.717) is 19.4 Å². The average Bonchev–Trinajstić information content (AvgIpc) is 3.38. The Hall–Kier alpha value is -2.40. The van der Waals surface area contributed by atoms with Gasteiger partial charge in [-0.15, -0.1) is 0 Å². The van der Waals surface area contributed by atoms with Crippen molar-refractivity contribution in [1.29, 1.82) is 0 Å². The molecule has 1 unspecified atom stereocenters. The second-order valence-corrected chi connectivity index (χ2v) is 21.3. The van der Waals surface area contributed by atoms with E-state index in [2.05, 4.69) is 81.5 Å². The fraction of sp³-hybridized carbons (Fsp3) is 0.821. The maximum atomic E-state index is 12.9. The van der Waals surface area contributed by atoms with Gasteiger partial charge in [-0.1, -0.05) is 268 Å². The molecule has 1 atom stereocenters. The van der Waals surface area contributed by atoms with Crippen LogP contribution in [0.2, 0.25) is 0 Å². The zero-order valence-corrected chi connectivity index (χ0v) is 48.5. The van der Waals surface area contributed by atoms with Gasteiger partial charge in [-0.25, -0.2) is 0 Å². The van der Waals surface area contributed by atoms with Crippen LogP contribution in [0.25, 0.3) is 0 Å². The topological polar surface area (TPSA) is 61.8 Å². The van der Waals surface area contributed by atoms with E-state index in [0.717, 1.165) is 51.4 Å². The summed E-state index contributed by atoms with van der Waals surface area (Å²) in [4.78, 5) is 25.6. The molecule has 0 heterocycles. The molecule has 5 heteroatoms. The van der Waals surface area contributed by atoms with Crippen molar-refractivity contribution in [2.75, 3.05) is 19.8 Å². The van der Waals surface area contributed by atoms with Gasteiger partial charge in [0.1, 0.15) is 6.61 Å². The van der Waals surface area contributed by atoms with Crippen molar-refractivity contribution < 1.29 is 23.8 Å². The molecule has 0 aromatic heterocycles. The molecule has 0 bridgehead atoms. The Balaban J connectivity index is 4.28. The highest BCUT2D eigenvalue weighted by atomic mass is 16.6. The first-order valence-corrected chi connectivity index (χ1v) is 31.8. The lowest BCUT2D eigenvalue weighted by Gasteiger charge is -2.18. The molecule has 0 fully saturated rings. The van der Waals surface area contributed by atoms with Gasteiger partial charge in [-0.2, -0.15) is 0 Å². The Bertz CT molecular complexity index is 1230. The summed E-state index contributed by atoms with van der Waals surface area (Å²) >= 11 is 0. The fourth-order valence-electron chi connectivity index (χ4n) is 9.21. The number of carbonyl (C=O) groups excluding carboxylic acids is 2. The Labute approximate surface area is 449 Å². The molecule has 0 rings (SSSR count). The van der Waals surface area contributed by atoms with E-state index < -0.39 is 6.10 Å². The van der Waals surface area contributed by atoms with Gasteiger partial charge in [0.05, 0.1) is 6.61 Å². The second-order valence-electron chi connectivity index (χ2n) is 21.3. The molecule has 0 aliphatic heterocycles. The summed E-state index contributed by atoms with van der Waals surface area (Å²) in [5.41, 5.74) is 0. The summed E-state index contributed by atoms with van der Waals surface area (Å²) in [5, 5.41) is 0. The largest absolute Gasteiger partial charge is 0.462 e. The van der Waals surface area contributed by atoms with Crippen molar-refractivity contribution in [3.8, 4) is 0 Å². The van der Waals surface area contributed by atoms with Gasteiger partial charge in [-0.05, 0) is 109 Å². The van der Waals surface area contributed by atoms with E-state index in [4.69, 9.17) is 14.2 Å². The van der Waals surface area contributed by atoms with Crippen LogP contribution in [0.1, 0.15) is 329 Å². The number of rotatable bonds is 59. The Morgan fingerprint density at radius 2 is 0.583 bits per heavy atom. The predicted molar refractivity (Wildman–Crippen MR) is 316 cm³/mol. The summed E-state index contributed by atoms with van der Waals surface area (Å²) in [5.74, 6) is -0.393. The van der Waals surface area contributed by atoms with Gasteiger partial charge in [-0.3, -0.25) is 9.59 Å². The zero-order valence-electron chi connectivity index (χ0n) is 48.5. The van der Waals surface area contributed by atoms with Crippen LogP contribution in [0.5, 0.6) is 0 Å². The highest BCUT2D eigenvalue weighted by Gasteiger charge is 2.18. The minimum Gasteiger partial charge on any atom is -0.462 e. The lowest BCUT2D eigenvalue weighted by molar-refractivity contribution is -0.163. The van der Waals surface area contributed by atoms with Gasteiger partial charge < -0.3 is 14.2 Å². The number of ether oxygens (including phenoxy) is 3. The summed E-state index contributed by atoms with van der Waals surface area (Å²) in [6.07, 6.45) is 81.1. The molecule has 0 N–H and O–H groups in total. The Morgan fingerprint density at radius 1 is 0.306 bits per heavy atom. The van der Waals surface area contributed by atoms with Crippen LogP contribution in [0.3, 0.4) is 0 Å². The van der Waals surface area contributed by atoms with Crippen molar-refractivity contribution in [3.05, 3.63) is 60.8 Å². The minimum atomic E-state index is -0.544. The monoisotopic (exact) mass is 1010 g/mol. The van der Waals surface area contributed by atoms with Crippen LogP contribution in [0.4, 0.5) is 0 Å². The van der Waals surface area contributed by atoms with Gasteiger partial charge in [0.15, 0.2) is 6.10 Å². The highest BCUT2D eigenvalue weighted by Crippen LogP contribution is 2.16. The van der Waals surface area contributed by atoms with Crippen LogP contribution in [0.15, 0.2) is 60.8 Å². The normalized spacial score (nSPS) is 12.5. The second kappa shape index (κ2) is 62.9. The van der Waals surface area contributed by atoms with Crippen LogP contribution >= 0.6 is 0 Å². The molecule has 0 aromatic carbocycles. The van der Waals surface area contributed by atoms with Gasteiger partial charge >= 0.3 is 11.9 Å². The number of allylic oxidation sites excluding steroid dienone is 10. The highest BCUT2D eigenvalue weighted by molar-refractivity contribution is 5.70. The van der Waals surface area contributed by atoms with Gasteiger partial charge in [0, 0.05) is 19.4 Å². The molecular weight excluding hydrogens is 885 g/mol. The predicted octanol–water partition coefficient (Wildman–Crippen LogP) is 22.0. The van der Waals surface area contributed by atoms with E-state index in [9.17, 15) is 9.59 Å². The number of carbonyl (C=O) groups is 2. The lowest BCUT2D eigenvalue weighted by Crippen LogP contribution is -2.30. The SMILES string of the molecule is CCCCC/C=C\C/C=C\CCCCCCCCCCCC(=O)OCC(COCCCCCCCCCC/C=C\CCCCCCCC)OC(=O)CCCCCCCCCCC/C=C\C/C=C\CCCCC. The number of esters is 2. The van der Waals surface area contributed by atoms with Crippen molar-refractivity contribution in [1.82, 2.24) is 0 Å². The van der Waals surface area contributed by atoms with Crippen molar-refractivity contribution in [2.24, 2.45) is 0 Å². The van der Waals surface area contributed by atoms with Crippen molar-refractivity contribution in [3.63, 3.8) is 0 Å². The van der Waals surface area contributed by atoms with E-state index in [1.807, 2.05) is 0 Å². The molecule has 5 nitrogen and oxygen atoms in total. The number of unbranched alkanes of at least 4 members (excludes halogenated alkanes) is 38. The third kappa shape index (κ3) is 60.2. The molecule has 0 aliphatic carbocycles. The van der Waals surface area contributed by atoms with Crippen LogP contribution in [0, 0.1) is 0 Å².